The summed E-state index contributed by atoms with van der Waals surface area (Å²) in [6, 6.07) is 9.49. The second-order valence-corrected chi connectivity index (χ2v) is 10.4. The van der Waals surface area contributed by atoms with Gasteiger partial charge in [0, 0.05) is 48.8 Å². The molecule has 1 fully saturated rings. The van der Waals surface area contributed by atoms with Gasteiger partial charge in [-0.25, -0.2) is 9.97 Å². The van der Waals surface area contributed by atoms with Gasteiger partial charge >= 0.3 is 6.18 Å². The third-order valence-corrected chi connectivity index (χ3v) is 7.36. The van der Waals surface area contributed by atoms with Crippen molar-refractivity contribution in [2.24, 2.45) is 12.8 Å². The van der Waals surface area contributed by atoms with Gasteiger partial charge in [0.25, 0.3) is 0 Å². The third-order valence-electron chi connectivity index (χ3n) is 7.36. The SMILES string of the molecule is CCc1cc(-c2cc(-c3cc(C(F)(F)F)ccc3NC(C)=O)nn2C)cc2cnc(NC3CCC(N)CC3)nc12. The van der Waals surface area contributed by atoms with Crippen LogP contribution in [0.5, 0.6) is 0 Å². The molecule has 8 nitrogen and oxygen atoms in total. The van der Waals surface area contributed by atoms with Gasteiger partial charge in [-0.15, -0.1) is 0 Å². The Morgan fingerprint density at radius 3 is 2.55 bits per heavy atom. The Balaban J connectivity index is 1.51. The minimum Gasteiger partial charge on any atom is -0.351 e. The van der Waals surface area contributed by atoms with Crippen molar-refractivity contribution in [2.45, 2.75) is 64.2 Å². The Morgan fingerprint density at radius 1 is 1.12 bits per heavy atom. The molecule has 4 aromatic rings. The van der Waals surface area contributed by atoms with Crippen LogP contribution >= 0.6 is 0 Å². The number of rotatable bonds is 6. The summed E-state index contributed by atoms with van der Waals surface area (Å²) in [5, 5.41) is 11.4. The largest absolute Gasteiger partial charge is 0.416 e. The van der Waals surface area contributed by atoms with Gasteiger partial charge in [0.15, 0.2) is 0 Å². The van der Waals surface area contributed by atoms with Crippen molar-refractivity contribution in [3.63, 3.8) is 0 Å². The maximum atomic E-state index is 13.5. The highest BCUT2D eigenvalue weighted by atomic mass is 19.4. The van der Waals surface area contributed by atoms with E-state index >= 15 is 0 Å². The number of nitrogens with one attached hydrogen (secondary N) is 2. The predicted molar refractivity (Wildman–Crippen MR) is 150 cm³/mol. The second kappa shape index (κ2) is 10.9. The molecule has 2 heterocycles. The highest BCUT2D eigenvalue weighted by Crippen LogP contribution is 2.37. The van der Waals surface area contributed by atoms with Crippen LogP contribution in [0.2, 0.25) is 0 Å². The smallest absolute Gasteiger partial charge is 0.351 e. The van der Waals surface area contributed by atoms with Gasteiger partial charge in [-0.2, -0.15) is 18.3 Å². The molecule has 2 aromatic carbocycles. The van der Waals surface area contributed by atoms with Gasteiger partial charge in [0.1, 0.15) is 0 Å². The minimum atomic E-state index is -4.53. The molecule has 4 N–H and O–H groups in total. The molecule has 0 radical (unpaired) electrons. The first-order valence-electron chi connectivity index (χ1n) is 13.4. The van der Waals surface area contributed by atoms with Gasteiger partial charge < -0.3 is 16.4 Å². The van der Waals surface area contributed by atoms with Crippen LogP contribution in [0, 0.1) is 0 Å². The number of anilines is 2. The first kappa shape index (κ1) is 27.6. The van der Waals surface area contributed by atoms with E-state index in [1.165, 1.54) is 13.0 Å². The summed E-state index contributed by atoms with van der Waals surface area (Å²) in [5.74, 6) is 0.202. The van der Waals surface area contributed by atoms with E-state index in [1.54, 1.807) is 24.0 Å². The molecule has 0 unspecified atom stereocenters. The van der Waals surface area contributed by atoms with E-state index in [1.807, 2.05) is 19.1 Å². The van der Waals surface area contributed by atoms with Gasteiger partial charge in [0.2, 0.25) is 11.9 Å². The van der Waals surface area contributed by atoms with Crippen LogP contribution in [0.1, 0.15) is 50.7 Å². The number of hydrogen-bond donors (Lipinski definition) is 3. The maximum absolute atomic E-state index is 13.5. The number of nitrogens with two attached hydrogens (primary N) is 1. The third kappa shape index (κ3) is 5.79. The van der Waals surface area contributed by atoms with Gasteiger partial charge in [0.05, 0.1) is 28.2 Å². The highest BCUT2D eigenvalue weighted by Gasteiger charge is 2.31. The zero-order chi connectivity index (χ0) is 28.6. The molecule has 2 aromatic heterocycles. The molecular weight excluding hydrogens is 519 g/mol. The average Bonchev–Trinajstić information content (AvgIpc) is 3.30. The highest BCUT2D eigenvalue weighted by molar-refractivity contribution is 5.94. The van der Waals surface area contributed by atoms with E-state index in [0.717, 1.165) is 66.3 Å². The quantitative estimate of drug-likeness (QED) is 0.274. The van der Waals surface area contributed by atoms with Crippen LogP contribution in [0.4, 0.5) is 24.8 Å². The average molecular weight is 552 g/mol. The van der Waals surface area contributed by atoms with Crippen molar-refractivity contribution in [3.8, 4) is 22.5 Å². The Kier molecular flexibility index (Phi) is 7.50. The lowest BCUT2D eigenvalue weighted by Gasteiger charge is -2.26. The molecule has 1 amide bonds. The lowest BCUT2D eigenvalue weighted by atomic mass is 9.92. The number of aryl methyl sites for hydroxylation is 2. The molecule has 1 aliphatic carbocycles. The van der Waals surface area contributed by atoms with Crippen LogP contribution in [0.25, 0.3) is 33.4 Å². The van der Waals surface area contributed by atoms with Crippen molar-refractivity contribution in [3.05, 3.63) is 53.7 Å². The normalized spacial score (nSPS) is 17.7. The number of aromatic nitrogens is 4. The summed E-state index contributed by atoms with van der Waals surface area (Å²) in [6.45, 7) is 3.35. The molecule has 0 spiro atoms. The molecule has 0 atom stereocenters. The van der Waals surface area contributed by atoms with Crippen LogP contribution in [0.3, 0.4) is 0 Å². The zero-order valence-electron chi connectivity index (χ0n) is 22.6. The fourth-order valence-electron chi connectivity index (χ4n) is 5.25. The topological polar surface area (TPSA) is 111 Å². The number of halogens is 3. The number of amides is 1. The number of hydrogen-bond acceptors (Lipinski definition) is 6. The molecule has 0 bridgehead atoms. The molecule has 0 saturated heterocycles. The van der Waals surface area contributed by atoms with Gasteiger partial charge in [-0.05, 0) is 74.1 Å². The monoisotopic (exact) mass is 551 g/mol. The predicted octanol–water partition coefficient (Wildman–Crippen LogP) is 5.92. The lowest BCUT2D eigenvalue weighted by Crippen LogP contribution is -2.33. The van der Waals surface area contributed by atoms with Crippen molar-refractivity contribution in [1.29, 1.82) is 0 Å². The summed E-state index contributed by atoms with van der Waals surface area (Å²) >= 11 is 0. The summed E-state index contributed by atoms with van der Waals surface area (Å²) < 4.78 is 42.1. The van der Waals surface area contributed by atoms with Crippen LogP contribution < -0.4 is 16.4 Å². The first-order chi connectivity index (χ1) is 19.0. The Bertz CT molecular complexity index is 1560. The summed E-state index contributed by atoms with van der Waals surface area (Å²) in [7, 11) is 1.74. The number of alkyl halides is 3. The Morgan fingerprint density at radius 2 is 1.88 bits per heavy atom. The Labute approximate surface area is 230 Å². The lowest BCUT2D eigenvalue weighted by molar-refractivity contribution is -0.137. The molecule has 1 saturated carbocycles. The van der Waals surface area contributed by atoms with Crippen LogP contribution in [-0.2, 0) is 24.4 Å². The van der Waals surface area contributed by atoms with Crippen LogP contribution in [0.15, 0.2) is 42.6 Å². The number of benzene rings is 2. The van der Waals surface area contributed by atoms with Crippen molar-refractivity contribution in [2.75, 3.05) is 10.6 Å². The molecular formula is C29H32F3N7O. The van der Waals surface area contributed by atoms with E-state index in [9.17, 15) is 18.0 Å². The molecule has 1 aliphatic rings. The Hall–Kier alpha value is -3.99. The molecule has 210 valence electrons. The molecule has 0 aliphatic heterocycles. The molecule has 5 rings (SSSR count). The number of carbonyl (C=O) groups excluding carboxylic acids is 1. The maximum Gasteiger partial charge on any atom is 0.416 e. The fourth-order valence-corrected chi connectivity index (χ4v) is 5.25. The van der Waals surface area contributed by atoms with E-state index in [-0.39, 0.29) is 23.2 Å². The van der Waals surface area contributed by atoms with Crippen LogP contribution in [-0.4, -0.2) is 37.7 Å². The number of nitrogens with zero attached hydrogens (tertiary/aromatic N) is 4. The van der Waals surface area contributed by atoms with E-state index in [0.29, 0.717) is 23.4 Å². The standard InChI is InChI=1S/C29H32F3N7O/c1-4-17-11-18(12-19-15-34-28(37-27(17)19)36-22-8-6-21(33)7-9-22)26-14-25(38-39(26)3)23-13-20(29(30,31)32)5-10-24(23)35-16(2)40/h5,10-15,21-22H,4,6-9,33H2,1-3H3,(H,35,40)(H,34,36,37). The summed E-state index contributed by atoms with van der Waals surface area (Å²) in [6.07, 6.45) is 1.92. The first-order valence-corrected chi connectivity index (χ1v) is 13.4. The second-order valence-electron chi connectivity index (χ2n) is 10.4. The zero-order valence-corrected chi connectivity index (χ0v) is 22.6. The van der Waals surface area contributed by atoms with Crippen molar-refractivity contribution < 1.29 is 18.0 Å². The van der Waals surface area contributed by atoms with E-state index in [2.05, 4.69) is 20.7 Å². The number of carbonyl (C=O) groups is 1. The van der Waals surface area contributed by atoms with Gasteiger partial charge in [-0.3, -0.25) is 9.48 Å². The minimum absolute atomic E-state index is 0.186. The van der Waals surface area contributed by atoms with Gasteiger partial charge in [-0.1, -0.05) is 6.92 Å². The summed E-state index contributed by atoms with van der Waals surface area (Å²) in [5.41, 5.74) is 9.38. The van der Waals surface area contributed by atoms with Crippen molar-refractivity contribution in [1.82, 2.24) is 19.7 Å². The molecule has 11 heteroatoms. The fraction of sp³-hybridized carbons (Fsp3) is 0.379. The van der Waals surface area contributed by atoms with E-state index < -0.39 is 11.7 Å². The number of fused-ring (bicyclic) bond motifs is 1. The summed E-state index contributed by atoms with van der Waals surface area (Å²) in [4.78, 5) is 21.1. The van der Waals surface area contributed by atoms with E-state index in [4.69, 9.17) is 10.7 Å². The van der Waals surface area contributed by atoms with Crippen molar-refractivity contribution >= 4 is 28.4 Å². The molecule has 40 heavy (non-hydrogen) atoms.